The van der Waals surface area contributed by atoms with E-state index >= 15 is 0 Å². The highest BCUT2D eigenvalue weighted by atomic mass is 35.5. The van der Waals surface area contributed by atoms with Crippen LogP contribution in [0.25, 0.3) is 0 Å². The Labute approximate surface area is 111 Å². The topological polar surface area (TPSA) is 12.4 Å². The van der Waals surface area contributed by atoms with E-state index in [1.165, 1.54) is 0 Å². The van der Waals surface area contributed by atoms with Crippen LogP contribution in [0.3, 0.4) is 0 Å². The lowest BCUT2D eigenvalue weighted by Crippen LogP contribution is -1.87. The molecule has 0 aliphatic carbocycles. The summed E-state index contributed by atoms with van der Waals surface area (Å²) in [6, 6.07) is 16.2. The Bertz CT molecular complexity index is 501. The van der Waals surface area contributed by atoms with Gasteiger partial charge in [0, 0.05) is 18.3 Å². The summed E-state index contributed by atoms with van der Waals surface area (Å²) in [6.07, 6.45) is 1.70. The molecule has 0 saturated carbocycles. The minimum atomic E-state index is 0.572. The van der Waals surface area contributed by atoms with Gasteiger partial charge in [0.15, 0.2) is 0 Å². The van der Waals surface area contributed by atoms with Crippen molar-refractivity contribution in [1.82, 2.24) is 0 Å². The number of nitrogens with zero attached hydrogens (tertiary/aromatic N) is 1. The first kappa shape index (κ1) is 12.2. The lowest BCUT2D eigenvalue weighted by Gasteiger charge is -2.03. The van der Waals surface area contributed by atoms with Crippen LogP contribution in [0.2, 0.25) is 10.0 Å². The van der Waals surface area contributed by atoms with Gasteiger partial charge in [-0.2, -0.15) is 30.3 Å². The average molecular weight is 263 g/mol. The highest BCUT2D eigenvalue weighted by Gasteiger charge is 2.00. The van der Waals surface area contributed by atoms with Gasteiger partial charge in [0.2, 0.25) is 0 Å². The standard InChI is InChI=1S/C14H10Cl2N/c15-13-7-4-8-14(16)12(13)10-17-9-11-5-2-1-3-6-11/h1-5,7-8,10H,9H2/q-1. The first-order valence-corrected chi connectivity index (χ1v) is 5.92. The van der Waals surface area contributed by atoms with Gasteiger partial charge < -0.3 is 0 Å². The predicted molar refractivity (Wildman–Crippen MR) is 73.0 cm³/mol. The van der Waals surface area contributed by atoms with Crippen molar-refractivity contribution < 1.29 is 0 Å². The zero-order valence-corrected chi connectivity index (χ0v) is 10.5. The largest absolute Gasteiger partial charge is 0.290 e. The van der Waals surface area contributed by atoms with Gasteiger partial charge in [-0.1, -0.05) is 29.3 Å². The van der Waals surface area contributed by atoms with E-state index in [0.29, 0.717) is 16.6 Å². The van der Waals surface area contributed by atoms with Gasteiger partial charge in [-0.25, -0.2) is 0 Å². The zero-order valence-electron chi connectivity index (χ0n) is 9.03. The molecule has 86 valence electrons. The molecule has 17 heavy (non-hydrogen) atoms. The summed E-state index contributed by atoms with van der Waals surface area (Å²) in [5.41, 5.74) is 1.79. The molecule has 0 atom stereocenters. The van der Waals surface area contributed by atoms with E-state index in [2.05, 4.69) is 11.1 Å². The van der Waals surface area contributed by atoms with Crippen molar-refractivity contribution in [3.63, 3.8) is 0 Å². The summed E-state index contributed by atoms with van der Waals surface area (Å²) in [5.74, 6) is 0. The van der Waals surface area contributed by atoms with Crippen molar-refractivity contribution in [1.29, 1.82) is 0 Å². The van der Waals surface area contributed by atoms with Gasteiger partial charge in [-0.15, -0.1) is 5.56 Å². The van der Waals surface area contributed by atoms with E-state index in [4.69, 9.17) is 23.2 Å². The fourth-order valence-corrected chi connectivity index (χ4v) is 1.89. The second-order valence-electron chi connectivity index (χ2n) is 3.49. The molecule has 0 unspecified atom stereocenters. The molecule has 1 nitrogen and oxygen atoms in total. The van der Waals surface area contributed by atoms with Gasteiger partial charge >= 0.3 is 0 Å². The van der Waals surface area contributed by atoms with Gasteiger partial charge in [0.25, 0.3) is 0 Å². The Hall–Kier alpha value is -1.31. The second kappa shape index (κ2) is 5.85. The molecule has 2 rings (SSSR count). The molecule has 0 saturated heterocycles. The average Bonchev–Trinajstić information content (AvgIpc) is 2.34. The van der Waals surface area contributed by atoms with E-state index in [1.54, 1.807) is 18.3 Å². The summed E-state index contributed by atoms with van der Waals surface area (Å²) in [5, 5.41) is 1.22. The number of rotatable bonds is 3. The molecule has 0 N–H and O–H groups in total. The molecule has 0 spiro atoms. The molecule has 0 aliphatic rings. The van der Waals surface area contributed by atoms with Crippen LogP contribution in [0.1, 0.15) is 11.1 Å². The minimum absolute atomic E-state index is 0.572. The molecule has 0 bridgehead atoms. The SMILES string of the molecule is Clc1cccc(Cl)c1C=NCc1[c-]cccc1. The van der Waals surface area contributed by atoms with Crippen molar-refractivity contribution >= 4 is 29.4 Å². The van der Waals surface area contributed by atoms with Gasteiger partial charge in [-0.05, 0) is 12.1 Å². The van der Waals surface area contributed by atoms with Crippen molar-refractivity contribution in [2.24, 2.45) is 4.99 Å². The summed E-state index contributed by atoms with van der Waals surface area (Å²) in [7, 11) is 0. The van der Waals surface area contributed by atoms with E-state index < -0.39 is 0 Å². The Morgan fingerprint density at radius 1 is 1.06 bits per heavy atom. The molecule has 3 heteroatoms. The number of hydrogen-bond acceptors (Lipinski definition) is 1. The van der Waals surface area contributed by atoms with Crippen LogP contribution in [-0.2, 0) is 6.54 Å². The molecule has 0 aromatic heterocycles. The number of halogens is 2. The fourth-order valence-electron chi connectivity index (χ4n) is 1.40. The van der Waals surface area contributed by atoms with Crippen LogP contribution in [0.4, 0.5) is 0 Å². The van der Waals surface area contributed by atoms with Crippen LogP contribution in [0.5, 0.6) is 0 Å². The van der Waals surface area contributed by atoms with Gasteiger partial charge in [0.05, 0.1) is 10.0 Å². The second-order valence-corrected chi connectivity index (χ2v) is 4.31. The maximum absolute atomic E-state index is 6.03. The van der Waals surface area contributed by atoms with E-state index in [0.717, 1.165) is 11.1 Å². The molecule has 0 aliphatic heterocycles. The Morgan fingerprint density at radius 3 is 2.47 bits per heavy atom. The first-order chi connectivity index (χ1) is 8.27. The lowest BCUT2D eigenvalue weighted by molar-refractivity contribution is 1.07. The normalized spacial score (nSPS) is 10.9. The molecular formula is C14H10Cl2N-. The zero-order chi connectivity index (χ0) is 12.1. The number of benzene rings is 2. The fraction of sp³-hybridized carbons (Fsp3) is 0.0714. The van der Waals surface area contributed by atoms with Crippen molar-refractivity contribution in [3.05, 3.63) is 69.7 Å². The van der Waals surface area contributed by atoms with Crippen LogP contribution in [0, 0.1) is 6.07 Å². The summed E-state index contributed by atoms with van der Waals surface area (Å²) < 4.78 is 0. The smallest absolute Gasteiger partial charge is 0.0508 e. The van der Waals surface area contributed by atoms with Crippen LogP contribution in [0.15, 0.2) is 47.5 Å². The Balaban J connectivity index is 2.11. The predicted octanol–water partition coefficient (Wildman–Crippen LogP) is 4.41. The van der Waals surface area contributed by atoms with Crippen molar-refractivity contribution in [2.75, 3.05) is 0 Å². The van der Waals surface area contributed by atoms with Gasteiger partial charge in [0.1, 0.15) is 0 Å². The Morgan fingerprint density at radius 2 is 1.82 bits per heavy atom. The molecule has 2 aromatic carbocycles. The van der Waals surface area contributed by atoms with Gasteiger partial charge in [-0.3, -0.25) is 4.99 Å². The number of hydrogen-bond donors (Lipinski definition) is 0. The van der Waals surface area contributed by atoms with Crippen molar-refractivity contribution in [3.8, 4) is 0 Å². The molecule has 0 radical (unpaired) electrons. The van der Waals surface area contributed by atoms with Crippen LogP contribution < -0.4 is 0 Å². The molecule has 2 aromatic rings. The monoisotopic (exact) mass is 262 g/mol. The molecule has 0 heterocycles. The minimum Gasteiger partial charge on any atom is -0.290 e. The highest BCUT2D eigenvalue weighted by Crippen LogP contribution is 2.22. The maximum Gasteiger partial charge on any atom is 0.0508 e. The first-order valence-electron chi connectivity index (χ1n) is 5.17. The molecule has 0 amide bonds. The molecular weight excluding hydrogens is 253 g/mol. The third-order valence-electron chi connectivity index (χ3n) is 2.26. The summed E-state index contributed by atoms with van der Waals surface area (Å²) in [6.45, 7) is 0.572. The van der Waals surface area contributed by atoms with Crippen molar-refractivity contribution in [2.45, 2.75) is 6.54 Å². The van der Waals surface area contributed by atoms with E-state index in [9.17, 15) is 0 Å². The number of aliphatic imine (C=N–C) groups is 1. The van der Waals surface area contributed by atoms with Crippen LogP contribution in [-0.4, -0.2) is 6.21 Å². The van der Waals surface area contributed by atoms with E-state index in [-0.39, 0.29) is 0 Å². The third kappa shape index (κ3) is 3.32. The lowest BCUT2D eigenvalue weighted by atomic mass is 10.2. The summed E-state index contributed by atoms with van der Waals surface area (Å²) >= 11 is 12.1. The summed E-state index contributed by atoms with van der Waals surface area (Å²) in [4.78, 5) is 4.31. The van der Waals surface area contributed by atoms with Crippen LogP contribution >= 0.6 is 23.2 Å². The van der Waals surface area contributed by atoms with E-state index in [1.807, 2.05) is 30.3 Å². The Kier molecular flexibility index (Phi) is 4.18. The molecule has 0 fully saturated rings. The quantitative estimate of drug-likeness (QED) is 0.574. The maximum atomic E-state index is 6.03. The highest BCUT2D eigenvalue weighted by molar-refractivity contribution is 6.38. The third-order valence-corrected chi connectivity index (χ3v) is 2.91.